The van der Waals surface area contributed by atoms with Gasteiger partial charge < -0.3 is 5.11 Å². The molecule has 6 nitrogen and oxygen atoms in total. The number of hydrogen-bond acceptors (Lipinski definition) is 3. The average molecular weight is 306 g/mol. The fraction of sp³-hybridized carbons (Fsp3) is 0.923. The number of carboxylic acids is 1. The Morgan fingerprint density at radius 2 is 1.95 bits per heavy atom. The standard InChI is InChI=1S/C13H26N2O4S/c1-3-12(11-7-5-4-6-8-11)14-20(18,19)15(2)10-9-13(16)17/h11-12,14H,3-10H2,1-2H3,(H,16,17). The summed E-state index contributed by atoms with van der Waals surface area (Å²) < 4.78 is 28.2. The molecule has 20 heavy (non-hydrogen) atoms. The van der Waals surface area contributed by atoms with Gasteiger partial charge in [0, 0.05) is 19.6 Å². The molecule has 2 N–H and O–H groups in total. The van der Waals surface area contributed by atoms with Gasteiger partial charge in [-0.05, 0) is 25.2 Å². The first kappa shape index (κ1) is 17.4. The predicted octanol–water partition coefficient (Wildman–Crippen LogP) is 1.59. The Morgan fingerprint density at radius 1 is 1.35 bits per heavy atom. The molecule has 0 radical (unpaired) electrons. The third-order valence-electron chi connectivity index (χ3n) is 4.01. The number of rotatable bonds is 8. The van der Waals surface area contributed by atoms with Crippen molar-refractivity contribution in [1.82, 2.24) is 9.03 Å². The van der Waals surface area contributed by atoms with E-state index in [1.807, 2.05) is 6.92 Å². The van der Waals surface area contributed by atoms with Gasteiger partial charge in [-0.2, -0.15) is 17.4 Å². The van der Waals surface area contributed by atoms with E-state index in [1.165, 1.54) is 13.5 Å². The van der Waals surface area contributed by atoms with Crippen LogP contribution in [-0.2, 0) is 15.0 Å². The van der Waals surface area contributed by atoms with Crippen molar-refractivity contribution in [2.75, 3.05) is 13.6 Å². The number of nitrogens with zero attached hydrogens (tertiary/aromatic N) is 1. The van der Waals surface area contributed by atoms with Crippen molar-refractivity contribution in [2.45, 2.75) is 57.9 Å². The maximum Gasteiger partial charge on any atom is 0.304 e. The van der Waals surface area contributed by atoms with Gasteiger partial charge in [-0.3, -0.25) is 4.79 Å². The molecule has 0 aromatic carbocycles. The summed E-state index contributed by atoms with van der Waals surface area (Å²) in [5, 5.41) is 8.62. The van der Waals surface area contributed by atoms with Crippen molar-refractivity contribution in [3.8, 4) is 0 Å². The van der Waals surface area contributed by atoms with E-state index in [2.05, 4.69) is 4.72 Å². The van der Waals surface area contributed by atoms with Crippen LogP contribution in [0.3, 0.4) is 0 Å². The van der Waals surface area contributed by atoms with Crippen molar-refractivity contribution in [2.24, 2.45) is 5.92 Å². The summed E-state index contributed by atoms with van der Waals surface area (Å²) in [5.74, 6) is -0.595. The SMILES string of the molecule is CCC(NS(=O)(=O)N(C)CCC(=O)O)C1CCCCC1. The molecule has 118 valence electrons. The van der Waals surface area contributed by atoms with Crippen LogP contribution in [-0.4, -0.2) is 43.4 Å². The van der Waals surface area contributed by atoms with Crippen LogP contribution in [0.2, 0.25) is 0 Å². The van der Waals surface area contributed by atoms with Crippen molar-refractivity contribution in [1.29, 1.82) is 0 Å². The molecule has 0 spiro atoms. The second kappa shape index (κ2) is 7.95. The summed E-state index contributed by atoms with van der Waals surface area (Å²) >= 11 is 0. The summed E-state index contributed by atoms with van der Waals surface area (Å²) in [6.07, 6.45) is 6.28. The second-order valence-corrected chi connectivity index (χ2v) is 7.31. The molecule has 0 aromatic heterocycles. The van der Waals surface area contributed by atoms with Crippen LogP contribution in [0, 0.1) is 5.92 Å². The van der Waals surface area contributed by atoms with Gasteiger partial charge in [-0.25, -0.2) is 0 Å². The minimum absolute atomic E-state index is 0.00817. The zero-order valence-corrected chi connectivity index (χ0v) is 13.2. The highest BCUT2D eigenvalue weighted by Gasteiger charge is 2.28. The van der Waals surface area contributed by atoms with Crippen LogP contribution < -0.4 is 4.72 Å². The molecule has 0 aromatic rings. The molecule has 0 amide bonds. The molecule has 1 rings (SSSR count). The summed E-state index contributed by atoms with van der Waals surface area (Å²) in [6, 6.07) is -0.0485. The van der Waals surface area contributed by atoms with Gasteiger partial charge in [-0.15, -0.1) is 0 Å². The van der Waals surface area contributed by atoms with E-state index in [4.69, 9.17) is 5.11 Å². The van der Waals surface area contributed by atoms with Gasteiger partial charge in [0.25, 0.3) is 10.2 Å². The molecule has 7 heteroatoms. The van der Waals surface area contributed by atoms with Gasteiger partial charge in [0.15, 0.2) is 0 Å². The van der Waals surface area contributed by atoms with Gasteiger partial charge >= 0.3 is 5.97 Å². The lowest BCUT2D eigenvalue weighted by atomic mass is 9.83. The third-order valence-corrected chi connectivity index (χ3v) is 5.61. The van der Waals surface area contributed by atoms with Gasteiger partial charge in [0.2, 0.25) is 0 Å². The van der Waals surface area contributed by atoms with Crippen molar-refractivity contribution < 1.29 is 18.3 Å². The molecule has 0 bridgehead atoms. The molecular formula is C13H26N2O4S. The molecule has 1 saturated carbocycles. The van der Waals surface area contributed by atoms with Crippen molar-refractivity contribution >= 4 is 16.2 Å². The van der Waals surface area contributed by atoms with Gasteiger partial charge in [-0.1, -0.05) is 26.2 Å². The maximum absolute atomic E-state index is 12.2. The van der Waals surface area contributed by atoms with Crippen LogP contribution in [0.1, 0.15) is 51.9 Å². The lowest BCUT2D eigenvalue weighted by molar-refractivity contribution is -0.137. The van der Waals surface area contributed by atoms with E-state index in [0.717, 1.165) is 36.4 Å². The highest BCUT2D eigenvalue weighted by Crippen LogP contribution is 2.28. The molecule has 1 aliphatic rings. The smallest absolute Gasteiger partial charge is 0.304 e. The first-order valence-corrected chi connectivity index (χ1v) is 8.76. The van der Waals surface area contributed by atoms with Gasteiger partial charge in [0.1, 0.15) is 0 Å². The van der Waals surface area contributed by atoms with Crippen LogP contribution in [0.25, 0.3) is 0 Å². The first-order chi connectivity index (χ1) is 9.36. The average Bonchev–Trinajstić information content (AvgIpc) is 2.43. The lowest BCUT2D eigenvalue weighted by Crippen LogP contribution is -2.47. The molecule has 0 aliphatic heterocycles. The fourth-order valence-corrected chi connectivity index (χ4v) is 3.96. The number of carbonyl (C=O) groups is 1. The second-order valence-electron chi connectivity index (χ2n) is 5.50. The largest absolute Gasteiger partial charge is 0.481 e. The van der Waals surface area contributed by atoms with E-state index < -0.39 is 16.2 Å². The Bertz CT molecular complexity index is 405. The van der Waals surface area contributed by atoms with E-state index in [-0.39, 0.29) is 19.0 Å². The Balaban J connectivity index is 2.59. The van der Waals surface area contributed by atoms with Crippen molar-refractivity contribution in [3.05, 3.63) is 0 Å². The van der Waals surface area contributed by atoms with E-state index in [9.17, 15) is 13.2 Å². The highest BCUT2D eigenvalue weighted by molar-refractivity contribution is 7.87. The number of hydrogen-bond donors (Lipinski definition) is 2. The third kappa shape index (κ3) is 5.38. The monoisotopic (exact) mass is 306 g/mol. The lowest BCUT2D eigenvalue weighted by Gasteiger charge is -2.31. The molecule has 1 fully saturated rings. The fourth-order valence-electron chi connectivity index (χ4n) is 2.70. The normalized spacial score (nSPS) is 19.1. The Morgan fingerprint density at radius 3 is 2.45 bits per heavy atom. The van der Waals surface area contributed by atoms with Crippen molar-refractivity contribution in [3.63, 3.8) is 0 Å². The Hall–Kier alpha value is -0.660. The minimum atomic E-state index is -3.60. The van der Waals surface area contributed by atoms with Crippen LogP contribution in [0.4, 0.5) is 0 Å². The molecular weight excluding hydrogens is 280 g/mol. The Kier molecular flexibility index (Phi) is 6.91. The topological polar surface area (TPSA) is 86.7 Å². The zero-order valence-electron chi connectivity index (χ0n) is 12.3. The maximum atomic E-state index is 12.2. The van der Waals surface area contributed by atoms with Crippen LogP contribution in [0.5, 0.6) is 0 Å². The number of nitrogens with one attached hydrogen (secondary N) is 1. The molecule has 1 atom stereocenters. The van der Waals surface area contributed by atoms with E-state index >= 15 is 0 Å². The van der Waals surface area contributed by atoms with Crippen LogP contribution in [0.15, 0.2) is 0 Å². The number of aliphatic carboxylic acids is 1. The molecule has 0 saturated heterocycles. The quantitative estimate of drug-likeness (QED) is 0.713. The number of carboxylic acid groups (broad SMARTS) is 1. The Labute approximate surface area is 121 Å². The predicted molar refractivity (Wildman–Crippen MR) is 77.6 cm³/mol. The van der Waals surface area contributed by atoms with Crippen LogP contribution >= 0.6 is 0 Å². The summed E-state index contributed by atoms with van der Waals surface area (Å²) in [4.78, 5) is 10.5. The van der Waals surface area contributed by atoms with E-state index in [0.29, 0.717) is 5.92 Å². The summed E-state index contributed by atoms with van der Waals surface area (Å²) in [7, 11) is -2.18. The van der Waals surface area contributed by atoms with E-state index in [1.54, 1.807) is 0 Å². The summed E-state index contributed by atoms with van der Waals surface area (Å²) in [6.45, 7) is 1.98. The van der Waals surface area contributed by atoms with Gasteiger partial charge in [0.05, 0.1) is 6.42 Å². The molecule has 1 unspecified atom stereocenters. The molecule has 1 aliphatic carbocycles. The molecule has 0 heterocycles. The minimum Gasteiger partial charge on any atom is -0.481 e. The summed E-state index contributed by atoms with van der Waals surface area (Å²) in [5.41, 5.74) is 0. The highest BCUT2D eigenvalue weighted by atomic mass is 32.2. The zero-order chi connectivity index (χ0) is 15.2. The first-order valence-electron chi connectivity index (χ1n) is 7.32.